The number of rotatable bonds is 7. The van der Waals surface area contributed by atoms with E-state index < -0.39 is 0 Å². The summed E-state index contributed by atoms with van der Waals surface area (Å²) in [5, 5.41) is 21.7. The Balaban J connectivity index is 1.48. The first-order chi connectivity index (χ1) is 14.7. The Kier molecular flexibility index (Phi) is 4.69. The molecule has 0 saturated carbocycles. The molecule has 10 heteroatoms. The van der Waals surface area contributed by atoms with Gasteiger partial charge in [-0.3, -0.25) is 4.68 Å². The molecule has 5 heterocycles. The fraction of sp³-hybridized carbons (Fsp3) is 0.250. The lowest BCUT2D eigenvalue weighted by atomic mass is 10.2. The molecule has 5 rings (SSSR count). The van der Waals surface area contributed by atoms with E-state index in [9.17, 15) is 0 Å². The molecule has 10 nitrogen and oxygen atoms in total. The van der Waals surface area contributed by atoms with Crippen molar-refractivity contribution >= 4 is 16.8 Å². The normalized spacial score (nSPS) is 11.7. The van der Waals surface area contributed by atoms with Gasteiger partial charge < -0.3 is 14.2 Å². The quantitative estimate of drug-likeness (QED) is 0.438. The average molecular weight is 404 g/mol. The van der Waals surface area contributed by atoms with Crippen molar-refractivity contribution in [1.82, 2.24) is 39.1 Å². The van der Waals surface area contributed by atoms with E-state index in [0.717, 1.165) is 22.2 Å². The van der Waals surface area contributed by atoms with E-state index in [1.54, 1.807) is 28.9 Å². The van der Waals surface area contributed by atoms with Gasteiger partial charge in [0.25, 0.3) is 0 Å². The molecule has 5 aromatic heterocycles. The highest BCUT2D eigenvalue weighted by atomic mass is 16.5. The molecular weight excluding hydrogens is 384 g/mol. The maximum atomic E-state index is 9.07. The predicted octanol–water partition coefficient (Wildman–Crippen LogP) is 1.52. The number of hydrogen-bond donors (Lipinski definition) is 1. The molecule has 152 valence electrons. The Hall–Kier alpha value is -3.63. The lowest BCUT2D eigenvalue weighted by Gasteiger charge is -2.05. The molecule has 0 aliphatic rings. The Morgan fingerprint density at radius 1 is 1.17 bits per heavy atom. The lowest BCUT2D eigenvalue weighted by molar-refractivity contribution is 0.186. The minimum atomic E-state index is 0.0284. The van der Waals surface area contributed by atoms with Gasteiger partial charge in [0.15, 0.2) is 5.65 Å². The number of aromatic nitrogens is 8. The minimum absolute atomic E-state index is 0.0284. The molecule has 0 unspecified atom stereocenters. The molecule has 0 amide bonds. The van der Waals surface area contributed by atoms with Gasteiger partial charge in [0.2, 0.25) is 5.65 Å². The Morgan fingerprint density at radius 3 is 2.93 bits per heavy atom. The zero-order chi connectivity index (χ0) is 20.5. The number of methoxy groups -OCH3 is 1. The van der Waals surface area contributed by atoms with Crippen LogP contribution in [0.1, 0.15) is 11.1 Å². The van der Waals surface area contributed by atoms with Crippen LogP contribution in [0.2, 0.25) is 0 Å². The summed E-state index contributed by atoms with van der Waals surface area (Å²) in [6.07, 6.45) is 9.24. The third-order valence-electron chi connectivity index (χ3n) is 4.93. The summed E-state index contributed by atoms with van der Waals surface area (Å²) >= 11 is 0. The van der Waals surface area contributed by atoms with Gasteiger partial charge in [-0.25, -0.2) is 14.6 Å². The second-order valence-corrected chi connectivity index (χ2v) is 6.97. The molecule has 0 saturated heterocycles. The topological polar surface area (TPSA) is 108 Å². The second-order valence-electron chi connectivity index (χ2n) is 6.97. The van der Waals surface area contributed by atoms with Gasteiger partial charge in [-0.1, -0.05) is 5.21 Å². The second kappa shape index (κ2) is 7.65. The summed E-state index contributed by atoms with van der Waals surface area (Å²) in [5.41, 5.74) is 5.91. The molecule has 0 radical (unpaired) electrons. The molecule has 0 aromatic carbocycles. The fourth-order valence-electron chi connectivity index (χ4n) is 3.47. The Bertz CT molecular complexity index is 1320. The number of aliphatic hydroxyl groups excluding tert-OH is 1. The first-order valence-corrected chi connectivity index (χ1v) is 9.52. The molecule has 0 spiro atoms. The van der Waals surface area contributed by atoms with E-state index in [1.165, 1.54) is 0 Å². The van der Waals surface area contributed by atoms with E-state index in [-0.39, 0.29) is 6.61 Å². The van der Waals surface area contributed by atoms with Crippen molar-refractivity contribution in [2.45, 2.75) is 19.7 Å². The number of aliphatic hydroxyl groups is 1. The molecule has 1 N–H and O–H groups in total. The summed E-state index contributed by atoms with van der Waals surface area (Å²) in [4.78, 5) is 9.10. The Morgan fingerprint density at radius 2 is 2.07 bits per heavy atom. The maximum absolute atomic E-state index is 9.07. The molecule has 0 fully saturated rings. The molecule has 0 aliphatic heterocycles. The third-order valence-corrected chi connectivity index (χ3v) is 4.93. The molecular formula is C20H20N8O2. The van der Waals surface area contributed by atoms with Crippen molar-refractivity contribution in [3.63, 3.8) is 0 Å². The van der Waals surface area contributed by atoms with Gasteiger partial charge in [-0.2, -0.15) is 5.10 Å². The smallest absolute Gasteiger partial charge is 0.221 e. The maximum Gasteiger partial charge on any atom is 0.221 e. The van der Waals surface area contributed by atoms with Gasteiger partial charge >= 0.3 is 0 Å². The van der Waals surface area contributed by atoms with Crippen molar-refractivity contribution in [1.29, 1.82) is 0 Å². The van der Waals surface area contributed by atoms with E-state index in [2.05, 4.69) is 36.9 Å². The van der Waals surface area contributed by atoms with Gasteiger partial charge in [0.05, 0.1) is 49.9 Å². The van der Waals surface area contributed by atoms with Crippen molar-refractivity contribution in [3.05, 3.63) is 60.3 Å². The summed E-state index contributed by atoms with van der Waals surface area (Å²) in [5.74, 6) is 0. The number of ether oxygens (including phenoxy) is 1. The van der Waals surface area contributed by atoms with E-state index in [1.807, 2.05) is 24.7 Å². The number of hydrogen-bond acceptors (Lipinski definition) is 7. The zero-order valence-electron chi connectivity index (χ0n) is 16.4. The number of nitrogens with zero attached hydrogens (tertiary/aromatic N) is 8. The molecule has 0 bridgehead atoms. The van der Waals surface area contributed by atoms with Crippen molar-refractivity contribution in [2.24, 2.45) is 0 Å². The highest BCUT2D eigenvalue weighted by molar-refractivity contribution is 5.69. The van der Waals surface area contributed by atoms with Crippen LogP contribution in [-0.2, 0) is 24.4 Å². The van der Waals surface area contributed by atoms with Gasteiger partial charge in [-0.15, -0.1) is 5.10 Å². The van der Waals surface area contributed by atoms with Gasteiger partial charge in [-0.05, 0) is 23.8 Å². The molecule has 0 atom stereocenters. The van der Waals surface area contributed by atoms with Crippen LogP contribution in [0.25, 0.3) is 28.1 Å². The largest absolute Gasteiger partial charge is 0.394 e. The van der Waals surface area contributed by atoms with Crippen LogP contribution < -0.4 is 0 Å². The fourth-order valence-corrected chi connectivity index (χ4v) is 3.47. The summed E-state index contributed by atoms with van der Waals surface area (Å²) < 4.78 is 10.8. The Labute approximate surface area is 171 Å². The van der Waals surface area contributed by atoms with Crippen LogP contribution in [0.4, 0.5) is 0 Å². The standard InChI is InChI=1S/C20H20N8O2/c1-30-13-15-3-5-26-4-2-14(8-18(15)26)11-28-20-19(24-25-28)21-10-17(23-20)16-9-22-27(12-16)6-7-29/h2-5,8-10,12,29H,6-7,11,13H2,1H3. The predicted molar refractivity (Wildman–Crippen MR) is 109 cm³/mol. The first-order valence-electron chi connectivity index (χ1n) is 9.52. The van der Waals surface area contributed by atoms with Crippen LogP contribution in [0.5, 0.6) is 0 Å². The molecule has 5 aromatic rings. The summed E-state index contributed by atoms with van der Waals surface area (Å²) in [6.45, 7) is 1.54. The molecule has 0 aliphatic carbocycles. The monoisotopic (exact) mass is 404 g/mol. The minimum Gasteiger partial charge on any atom is -0.394 e. The van der Waals surface area contributed by atoms with Crippen molar-refractivity contribution in [2.75, 3.05) is 13.7 Å². The highest BCUT2D eigenvalue weighted by Gasteiger charge is 2.12. The zero-order valence-corrected chi connectivity index (χ0v) is 16.4. The summed E-state index contributed by atoms with van der Waals surface area (Å²) in [6, 6.07) is 6.23. The highest BCUT2D eigenvalue weighted by Crippen LogP contribution is 2.20. The average Bonchev–Trinajstić information content (AvgIpc) is 3.48. The van der Waals surface area contributed by atoms with E-state index >= 15 is 0 Å². The van der Waals surface area contributed by atoms with Crippen molar-refractivity contribution < 1.29 is 9.84 Å². The number of fused-ring (bicyclic) bond motifs is 2. The van der Waals surface area contributed by atoms with Crippen LogP contribution in [0.15, 0.2) is 49.2 Å². The summed E-state index contributed by atoms with van der Waals surface area (Å²) in [7, 11) is 1.69. The lowest BCUT2D eigenvalue weighted by Crippen LogP contribution is -2.04. The van der Waals surface area contributed by atoms with Crippen LogP contribution in [-0.4, -0.2) is 58.0 Å². The van der Waals surface area contributed by atoms with E-state index in [4.69, 9.17) is 14.8 Å². The van der Waals surface area contributed by atoms with E-state index in [0.29, 0.717) is 36.7 Å². The van der Waals surface area contributed by atoms with Gasteiger partial charge in [0.1, 0.15) is 0 Å². The van der Waals surface area contributed by atoms with Crippen LogP contribution >= 0.6 is 0 Å². The van der Waals surface area contributed by atoms with Crippen LogP contribution in [0, 0.1) is 0 Å². The van der Waals surface area contributed by atoms with Gasteiger partial charge in [0, 0.05) is 36.8 Å². The number of pyridine rings is 1. The third kappa shape index (κ3) is 3.31. The SMILES string of the molecule is COCc1ccn2ccc(Cn3nnc4ncc(-c5cnn(CCO)c5)nc43)cc12. The molecule has 30 heavy (non-hydrogen) atoms. The van der Waals surface area contributed by atoms with Crippen LogP contribution in [0.3, 0.4) is 0 Å². The first kappa shape index (κ1) is 18.4. The van der Waals surface area contributed by atoms with Crippen molar-refractivity contribution in [3.8, 4) is 11.3 Å².